The van der Waals surface area contributed by atoms with E-state index in [1.807, 2.05) is 6.92 Å². The van der Waals surface area contributed by atoms with Crippen molar-refractivity contribution in [2.75, 3.05) is 6.54 Å². The summed E-state index contributed by atoms with van der Waals surface area (Å²) in [6, 6.07) is 0.372. The number of halogens is 3. The van der Waals surface area contributed by atoms with Crippen LogP contribution in [0.25, 0.3) is 0 Å². The maximum absolute atomic E-state index is 5.33. The molecule has 0 spiro atoms. The standard InChI is InChI=1S/C5H12Cl2N2.ClH/c1-5(9-7)3-2-4-8-6;/h5,8-9H,2-4H2,1H3;1H. The zero-order valence-electron chi connectivity index (χ0n) is 5.86. The predicted molar refractivity (Wildman–Crippen MR) is 48.8 cm³/mol. The van der Waals surface area contributed by atoms with Crippen LogP contribution in [0.2, 0.25) is 0 Å². The highest BCUT2D eigenvalue weighted by atomic mass is 35.5. The zero-order chi connectivity index (χ0) is 7.11. The van der Waals surface area contributed by atoms with E-state index in [1.165, 1.54) is 0 Å². The Hall–Kier alpha value is 0.790. The lowest BCUT2D eigenvalue weighted by molar-refractivity contribution is 0.587. The Morgan fingerprint density at radius 2 is 2.00 bits per heavy atom. The third-order valence-corrected chi connectivity index (χ3v) is 1.66. The van der Waals surface area contributed by atoms with Crippen LogP contribution in [-0.4, -0.2) is 12.6 Å². The smallest absolute Gasteiger partial charge is 0.0193 e. The Balaban J connectivity index is 0. The van der Waals surface area contributed by atoms with Crippen molar-refractivity contribution in [2.24, 2.45) is 0 Å². The van der Waals surface area contributed by atoms with Gasteiger partial charge in [0.25, 0.3) is 0 Å². The van der Waals surface area contributed by atoms with Crippen LogP contribution in [0.1, 0.15) is 19.8 Å². The van der Waals surface area contributed by atoms with Crippen LogP contribution in [0.15, 0.2) is 0 Å². The number of rotatable bonds is 5. The highest BCUT2D eigenvalue weighted by molar-refractivity contribution is 6.13. The van der Waals surface area contributed by atoms with Crippen LogP contribution in [0.4, 0.5) is 0 Å². The molecule has 2 N–H and O–H groups in total. The van der Waals surface area contributed by atoms with Gasteiger partial charge < -0.3 is 0 Å². The third kappa shape index (κ3) is 8.79. The molecular formula is C5H13Cl3N2. The van der Waals surface area contributed by atoms with Gasteiger partial charge in [-0.3, -0.25) is 0 Å². The lowest BCUT2D eigenvalue weighted by atomic mass is 10.2. The monoisotopic (exact) mass is 206 g/mol. The van der Waals surface area contributed by atoms with E-state index in [-0.39, 0.29) is 12.4 Å². The Kier molecular flexibility index (Phi) is 13.1. The predicted octanol–water partition coefficient (Wildman–Crippen LogP) is 2.06. The molecule has 0 aromatic heterocycles. The average Bonchev–Trinajstić information content (AvgIpc) is 1.89. The summed E-state index contributed by atoms with van der Waals surface area (Å²) < 4.78 is 0. The lowest BCUT2D eigenvalue weighted by Crippen LogP contribution is -2.17. The van der Waals surface area contributed by atoms with Crippen molar-refractivity contribution < 1.29 is 0 Å². The molecule has 2 nitrogen and oxygen atoms in total. The number of hydrogen-bond donors (Lipinski definition) is 2. The number of nitrogens with one attached hydrogen (secondary N) is 2. The molecule has 0 saturated heterocycles. The summed E-state index contributed by atoms with van der Waals surface area (Å²) in [7, 11) is 0. The van der Waals surface area contributed by atoms with E-state index in [1.54, 1.807) is 0 Å². The molecule has 0 rings (SSSR count). The fraction of sp³-hybridized carbons (Fsp3) is 1.00. The first kappa shape index (κ1) is 13.4. The maximum Gasteiger partial charge on any atom is 0.0193 e. The maximum atomic E-state index is 5.33. The summed E-state index contributed by atoms with van der Waals surface area (Å²) in [5.41, 5.74) is 0. The summed E-state index contributed by atoms with van der Waals surface area (Å²) >= 11 is 10.6. The Labute approximate surface area is 78.3 Å². The minimum Gasteiger partial charge on any atom is -0.234 e. The van der Waals surface area contributed by atoms with Gasteiger partial charge in [0.15, 0.2) is 0 Å². The van der Waals surface area contributed by atoms with Gasteiger partial charge in [0.05, 0.1) is 0 Å². The fourth-order valence-electron chi connectivity index (χ4n) is 0.530. The van der Waals surface area contributed by atoms with Gasteiger partial charge in [-0.2, -0.15) is 0 Å². The van der Waals surface area contributed by atoms with Crippen molar-refractivity contribution in [2.45, 2.75) is 25.8 Å². The molecule has 0 aliphatic carbocycles. The Bertz CT molecular complexity index is 62.9. The third-order valence-electron chi connectivity index (χ3n) is 1.09. The molecule has 0 heterocycles. The zero-order valence-corrected chi connectivity index (χ0v) is 8.19. The fourth-order valence-corrected chi connectivity index (χ4v) is 0.772. The SMILES string of the molecule is CC(CCCNCl)NCl.Cl. The molecule has 10 heavy (non-hydrogen) atoms. The molecule has 1 atom stereocenters. The van der Waals surface area contributed by atoms with Gasteiger partial charge in [-0.15, -0.1) is 12.4 Å². The molecule has 0 aromatic rings. The second kappa shape index (κ2) is 9.79. The molecular weight excluding hydrogens is 194 g/mol. The van der Waals surface area contributed by atoms with E-state index in [2.05, 4.69) is 9.67 Å². The van der Waals surface area contributed by atoms with E-state index in [0.29, 0.717) is 6.04 Å². The van der Waals surface area contributed by atoms with Crippen molar-refractivity contribution in [1.29, 1.82) is 0 Å². The van der Waals surface area contributed by atoms with Gasteiger partial charge >= 0.3 is 0 Å². The Morgan fingerprint density at radius 3 is 2.40 bits per heavy atom. The highest BCUT2D eigenvalue weighted by Crippen LogP contribution is 1.95. The van der Waals surface area contributed by atoms with Crippen molar-refractivity contribution in [1.82, 2.24) is 9.67 Å². The summed E-state index contributed by atoms with van der Waals surface area (Å²) in [6.07, 6.45) is 2.09. The minimum atomic E-state index is 0. The lowest BCUT2D eigenvalue weighted by Gasteiger charge is -2.05. The molecule has 0 bridgehead atoms. The molecule has 0 aliphatic rings. The molecule has 0 saturated carbocycles. The molecule has 5 heteroatoms. The van der Waals surface area contributed by atoms with Crippen LogP contribution >= 0.6 is 36.0 Å². The second-order valence-electron chi connectivity index (χ2n) is 2.04. The van der Waals surface area contributed by atoms with Crippen LogP contribution in [0.3, 0.4) is 0 Å². The molecule has 0 fully saturated rings. The molecule has 0 radical (unpaired) electrons. The van der Waals surface area contributed by atoms with Gasteiger partial charge in [-0.25, -0.2) is 9.67 Å². The molecule has 1 unspecified atom stereocenters. The molecule has 0 aliphatic heterocycles. The van der Waals surface area contributed by atoms with Crippen molar-refractivity contribution in [3.8, 4) is 0 Å². The summed E-state index contributed by atoms with van der Waals surface area (Å²) in [5, 5.41) is 0. The van der Waals surface area contributed by atoms with Crippen molar-refractivity contribution >= 4 is 36.0 Å². The van der Waals surface area contributed by atoms with E-state index in [0.717, 1.165) is 19.4 Å². The molecule has 64 valence electrons. The quantitative estimate of drug-likeness (QED) is 0.533. The minimum absolute atomic E-state index is 0. The molecule has 0 amide bonds. The first-order chi connectivity index (χ1) is 4.31. The van der Waals surface area contributed by atoms with E-state index >= 15 is 0 Å². The Morgan fingerprint density at radius 1 is 1.40 bits per heavy atom. The van der Waals surface area contributed by atoms with Gasteiger partial charge in [-0.05, 0) is 43.3 Å². The second-order valence-corrected chi connectivity index (χ2v) is 2.52. The van der Waals surface area contributed by atoms with Gasteiger partial charge in [0.1, 0.15) is 0 Å². The van der Waals surface area contributed by atoms with E-state index < -0.39 is 0 Å². The molecule has 0 aromatic carbocycles. The van der Waals surface area contributed by atoms with Gasteiger partial charge in [-0.1, -0.05) is 0 Å². The van der Waals surface area contributed by atoms with Gasteiger partial charge in [0.2, 0.25) is 0 Å². The topological polar surface area (TPSA) is 24.1 Å². The van der Waals surface area contributed by atoms with E-state index in [9.17, 15) is 0 Å². The summed E-state index contributed by atoms with van der Waals surface area (Å²) in [6.45, 7) is 2.87. The summed E-state index contributed by atoms with van der Waals surface area (Å²) in [5.74, 6) is 0. The van der Waals surface area contributed by atoms with Gasteiger partial charge in [0, 0.05) is 12.6 Å². The van der Waals surface area contributed by atoms with E-state index in [4.69, 9.17) is 23.6 Å². The first-order valence-corrected chi connectivity index (χ1v) is 3.76. The largest absolute Gasteiger partial charge is 0.234 e. The van der Waals surface area contributed by atoms with Crippen LogP contribution in [0, 0.1) is 0 Å². The van der Waals surface area contributed by atoms with Crippen LogP contribution in [-0.2, 0) is 0 Å². The van der Waals surface area contributed by atoms with Crippen LogP contribution < -0.4 is 9.67 Å². The first-order valence-electron chi connectivity index (χ1n) is 3.01. The van der Waals surface area contributed by atoms with Crippen LogP contribution in [0.5, 0.6) is 0 Å². The average molecular weight is 208 g/mol. The highest BCUT2D eigenvalue weighted by Gasteiger charge is 1.96. The number of hydrogen-bond acceptors (Lipinski definition) is 2. The normalized spacial score (nSPS) is 12.3. The summed E-state index contributed by atoms with van der Waals surface area (Å²) in [4.78, 5) is 5.17. The van der Waals surface area contributed by atoms with Crippen molar-refractivity contribution in [3.05, 3.63) is 0 Å². The van der Waals surface area contributed by atoms with Crippen molar-refractivity contribution in [3.63, 3.8) is 0 Å².